The number of thiocarbonyl (C=S) groups is 1. The van der Waals surface area contributed by atoms with Crippen LogP contribution in [0, 0.1) is 0 Å². The van der Waals surface area contributed by atoms with E-state index in [4.69, 9.17) is 12.2 Å². The molecule has 0 bridgehead atoms. The smallest absolute Gasteiger partial charge is 0.173 e. The van der Waals surface area contributed by atoms with Crippen molar-refractivity contribution in [3.8, 4) is 0 Å². The third-order valence-corrected chi connectivity index (χ3v) is 3.50. The van der Waals surface area contributed by atoms with Gasteiger partial charge in [0.05, 0.1) is 0 Å². The predicted octanol–water partition coefficient (Wildman–Crippen LogP) is 4.28. The summed E-state index contributed by atoms with van der Waals surface area (Å²) in [5.74, 6) is 0. The van der Waals surface area contributed by atoms with E-state index in [1.807, 2.05) is 30.3 Å². The van der Waals surface area contributed by atoms with Crippen molar-refractivity contribution in [1.82, 2.24) is 4.90 Å². The molecule has 0 heterocycles. The van der Waals surface area contributed by atoms with E-state index < -0.39 is 0 Å². The maximum absolute atomic E-state index is 5.53. The average Bonchev–Trinajstić information content (AvgIpc) is 2.40. The van der Waals surface area contributed by atoms with Crippen molar-refractivity contribution in [2.24, 2.45) is 0 Å². The molecule has 0 spiro atoms. The predicted molar refractivity (Wildman–Crippen MR) is 84.0 cm³/mol. The Hall–Kier alpha value is -1.09. The molecule has 0 aliphatic heterocycles. The van der Waals surface area contributed by atoms with Gasteiger partial charge in [-0.15, -0.1) is 0 Å². The van der Waals surface area contributed by atoms with Crippen molar-refractivity contribution >= 4 is 23.0 Å². The molecule has 1 aromatic carbocycles. The molecule has 0 aromatic heterocycles. The lowest BCUT2D eigenvalue weighted by Gasteiger charge is -2.31. The van der Waals surface area contributed by atoms with Gasteiger partial charge in [-0.25, -0.2) is 0 Å². The van der Waals surface area contributed by atoms with Crippen LogP contribution < -0.4 is 5.32 Å². The Kier molecular flexibility index (Phi) is 6.73. The van der Waals surface area contributed by atoms with Crippen LogP contribution in [0.15, 0.2) is 30.3 Å². The van der Waals surface area contributed by atoms with E-state index in [2.05, 4.69) is 31.0 Å². The molecule has 1 unspecified atom stereocenters. The van der Waals surface area contributed by atoms with Crippen molar-refractivity contribution < 1.29 is 0 Å². The number of anilines is 1. The molecule has 0 amide bonds. The van der Waals surface area contributed by atoms with Crippen molar-refractivity contribution in [3.63, 3.8) is 0 Å². The number of hydrogen-bond donors (Lipinski definition) is 1. The fraction of sp³-hybridized carbons (Fsp3) is 0.533. The highest BCUT2D eigenvalue weighted by Gasteiger charge is 2.14. The van der Waals surface area contributed by atoms with Gasteiger partial charge in [0, 0.05) is 18.3 Å². The molecule has 100 valence electrons. The Labute approximate surface area is 116 Å². The Balaban J connectivity index is 2.64. The van der Waals surface area contributed by atoms with Gasteiger partial charge in [0.1, 0.15) is 0 Å². The first-order chi connectivity index (χ1) is 8.69. The van der Waals surface area contributed by atoms with Crippen molar-refractivity contribution in [1.29, 1.82) is 0 Å². The lowest BCUT2D eigenvalue weighted by atomic mass is 10.2. The molecule has 1 aromatic rings. The topological polar surface area (TPSA) is 15.3 Å². The quantitative estimate of drug-likeness (QED) is 0.772. The highest BCUT2D eigenvalue weighted by atomic mass is 32.1. The van der Waals surface area contributed by atoms with Crippen LogP contribution in [0.4, 0.5) is 5.69 Å². The second-order valence-corrected chi connectivity index (χ2v) is 4.99. The van der Waals surface area contributed by atoms with Gasteiger partial charge < -0.3 is 10.2 Å². The number of para-hydroxylation sites is 1. The van der Waals surface area contributed by atoms with Crippen LogP contribution in [0.25, 0.3) is 0 Å². The highest BCUT2D eigenvalue weighted by Crippen LogP contribution is 2.11. The van der Waals surface area contributed by atoms with Gasteiger partial charge >= 0.3 is 0 Å². The Morgan fingerprint density at radius 3 is 2.50 bits per heavy atom. The van der Waals surface area contributed by atoms with Gasteiger partial charge in [0.25, 0.3) is 0 Å². The summed E-state index contributed by atoms with van der Waals surface area (Å²) in [5, 5.41) is 4.16. The first-order valence-corrected chi connectivity index (χ1v) is 7.22. The van der Waals surface area contributed by atoms with E-state index in [-0.39, 0.29) is 0 Å². The molecule has 0 aliphatic carbocycles. The van der Waals surface area contributed by atoms with Crippen LogP contribution in [0.3, 0.4) is 0 Å². The number of unbranched alkanes of at least 4 members (excludes halogenated alkanes) is 1. The van der Waals surface area contributed by atoms with Gasteiger partial charge in [0.2, 0.25) is 0 Å². The molecule has 1 N–H and O–H groups in total. The molecular weight excluding hydrogens is 240 g/mol. The number of nitrogens with one attached hydrogen (secondary N) is 1. The van der Waals surface area contributed by atoms with Crippen molar-refractivity contribution in [2.75, 3.05) is 11.9 Å². The minimum atomic E-state index is 0.486. The third-order valence-electron chi connectivity index (χ3n) is 3.16. The summed E-state index contributed by atoms with van der Waals surface area (Å²) >= 11 is 5.53. The number of rotatable bonds is 6. The maximum atomic E-state index is 5.53. The summed E-state index contributed by atoms with van der Waals surface area (Å²) < 4.78 is 0. The fourth-order valence-electron chi connectivity index (χ4n) is 1.79. The molecular formula is C15H24N2S. The molecule has 2 nitrogen and oxygen atoms in total. The molecule has 1 atom stereocenters. The monoisotopic (exact) mass is 264 g/mol. The highest BCUT2D eigenvalue weighted by molar-refractivity contribution is 7.80. The van der Waals surface area contributed by atoms with E-state index in [0.29, 0.717) is 6.04 Å². The van der Waals surface area contributed by atoms with Crippen LogP contribution in [-0.2, 0) is 0 Å². The number of nitrogens with zero attached hydrogens (tertiary/aromatic N) is 1. The molecule has 0 radical (unpaired) electrons. The van der Waals surface area contributed by atoms with Gasteiger partial charge in [-0.1, -0.05) is 38.5 Å². The molecule has 1 rings (SSSR count). The molecule has 3 heteroatoms. The first-order valence-electron chi connectivity index (χ1n) is 6.81. The van der Waals surface area contributed by atoms with E-state index in [9.17, 15) is 0 Å². The minimum absolute atomic E-state index is 0.486. The lowest BCUT2D eigenvalue weighted by Crippen LogP contribution is -2.41. The Bertz CT molecular complexity index is 351. The largest absolute Gasteiger partial charge is 0.346 e. The SMILES string of the molecule is CCCCN(C(=S)Nc1ccccc1)C(C)CC. The van der Waals surface area contributed by atoms with Crippen molar-refractivity contribution in [2.45, 2.75) is 46.1 Å². The summed E-state index contributed by atoms with van der Waals surface area (Å²) in [4.78, 5) is 2.30. The van der Waals surface area contributed by atoms with Crippen LogP contribution in [0.5, 0.6) is 0 Å². The van der Waals surface area contributed by atoms with E-state index in [0.717, 1.165) is 23.8 Å². The summed E-state index contributed by atoms with van der Waals surface area (Å²) in [6.45, 7) is 7.68. The summed E-state index contributed by atoms with van der Waals surface area (Å²) in [6.07, 6.45) is 3.49. The Morgan fingerprint density at radius 1 is 1.28 bits per heavy atom. The second-order valence-electron chi connectivity index (χ2n) is 4.60. The standard InChI is InChI=1S/C15H24N2S/c1-4-6-12-17(13(3)5-2)15(18)16-14-10-8-7-9-11-14/h7-11,13H,4-6,12H2,1-3H3,(H,16,18). The zero-order valence-electron chi connectivity index (χ0n) is 11.6. The van der Waals surface area contributed by atoms with Gasteiger partial charge in [0.15, 0.2) is 5.11 Å². The normalized spacial score (nSPS) is 11.9. The third kappa shape index (κ3) is 4.65. The molecule has 0 fully saturated rings. The zero-order valence-corrected chi connectivity index (χ0v) is 12.5. The van der Waals surface area contributed by atoms with E-state index >= 15 is 0 Å². The zero-order chi connectivity index (χ0) is 13.4. The van der Waals surface area contributed by atoms with E-state index in [1.165, 1.54) is 12.8 Å². The van der Waals surface area contributed by atoms with E-state index in [1.54, 1.807) is 0 Å². The van der Waals surface area contributed by atoms with Gasteiger partial charge in [-0.2, -0.15) is 0 Å². The van der Waals surface area contributed by atoms with Crippen LogP contribution in [-0.4, -0.2) is 22.6 Å². The molecule has 18 heavy (non-hydrogen) atoms. The fourth-order valence-corrected chi connectivity index (χ4v) is 2.18. The number of benzene rings is 1. The minimum Gasteiger partial charge on any atom is -0.346 e. The Morgan fingerprint density at radius 2 is 1.94 bits per heavy atom. The van der Waals surface area contributed by atoms with Crippen molar-refractivity contribution in [3.05, 3.63) is 30.3 Å². The van der Waals surface area contributed by atoms with Crippen LogP contribution in [0.2, 0.25) is 0 Å². The molecule has 0 aliphatic rings. The summed E-state index contributed by atoms with van der Waals surface area (Å²) in [7, 11) is 0. The van der Waals surface area contributed by atoms with Gasteiger partial charge in [-0.05, 0) is 44.1 Å². The number of hydrogen-bond acceptors (Lipinski definition) is 1. The van der Waals surface area contributed by atoms with Crippen LogP contribution in [0.1, 0.15) is 40.0 Å². The summed E-state index contributed by atoms with van der Waals surface area (Å²) in [5.41, 5.74) is 1.06. The maximum Gasteiger partial charge on any atom is 0.173 e. The summed E-state index contributed by atoms with van der Waals surface area (Å²) in [6, 6.07) is 10.6. The lowest BCUT2D eigenvalue weighted by molar-refractivity contribution is 0.321. The average molecular weight is 264 g/mol. The first kappa shape index (κ1) is 15.0. The molecule has 0 saturated carbocycles. The second kappa shape index (κ2) is 8.09. The van der Waals surface area contributed by atoms with Crippen LogP contribution >= 0.6 is 12.2 Å². The van der Waals surface area contributed by atoms with Gasteiger partial charge in [-0.3, -0.25) is 0 Å². The molecule has 0 saturated heterocycles.